The lowest BCUT2D eigenvalue weighted by Gasteiger charge is -2.19. The number of urea groups is 1. The normalized spacial score (nSPS) is 17.8. The Morgan fingerprint density at radius 3 is 2.68 bits per heavy atom. The van der Waals surface area contributed by atoms with Crippen LogP contribution in [-0.4, -0.2) is 37.7 Å². The van der Waals surface area contributed by atoms with Gasteiger partial charge in [-0.2, -0.15) is 0 Å². The zero-order chi connectivity index (χ0) is 18.1. The molecule has 1 aliphatic rings. The van der Waals surface area contributed by atoms with Gasteiger partial charge in [-0.25, -0.2) is 9.18 Å². The van der Waals surface area contributed by atoms with Crippen LogP contribution in [0.3, 0.4) is 0 Å². The molecule has 2 rings (SSSR count). The summed E-state index contributed by atoms with van der Waals surface area (Å²) >= 11 is 0. The fourth-order valence-corrected chi connectivity index (χ4v) is 2.66. The third-order valence-corrected chi connectivity index (χ3v) is 4.15. The number of nitrogens with one attached hydrogen (secondary N) is 3. The second kappa shape index (κ2) is 9.98. The van der Waals surface area contributed by atoms with Gasteiger partial charge in [0.15, 0.2) is 0 Å². The van der Waals surface area contributed by atoms with Crippen LogP contribution in [-0.2, 0) is 16.1 Å². The predicted molar refractivity (Wildman–Crippen MR) is 92.4 cm³/mol. The molecule has 0 saturated carbocycles. The molecular formula is C18H26FN3O3. The largest absolute Gasteiger partial charge is 0.381 e. The lowest BCUT2D eigenvalue weighted by Crippen LogP contribution is -2.50. The van der Waals surface area contributed by atoms with E-state index in [-0.39, 0.29) is 18.3 Å². The van der Waals surface area contributed by atoms with Gasteiger partial charge >= 0.3 is 6.03 Å². The third-order valence-electron chi connectivity index (χ3n) is 4.15. The molecule has 0 aromatic heterocycles. The van der Waals surface area contributed by atoms with E-state index in [4.69, 9.17) is 4.74 Å². The van der Waals surface area contributed by atoms with Crippen LogP contribution in [0.4, 0.5) is 9.18 Å². The van der Waals surface area contributed by atoms with Crippen LogP contribution in [0.15, 0.2) is 24.3 Å². The highest BCUT2D eigenvalue weighted by Crippen LogP contribution is 2.10. The van der Waals surface area contributed by atoms with Crippen LogP contribution >= 0.6 is 0 Å². The summed E-state index contributed by atoms with van der Waals surface area (Å²) in [5.41, 5.74) is 0.786. The van der Waals surface area contributed by atoms with Crippen molar-refractivity contribution in [3.05, 3.63) is 35.6 Å². The van der Waals surface area contributed by atoms with Crippen molar-refractivity contribution in [3.63, 3.8) is 0 Å². The van der Waals surface area contributed by atoms with E-state index >= 15 is 0 Å². The van der Waals surface area contributed by atoms with Crippen molar-refractivity contribution < 1.29 is 18.7 Å². The predicted octanol–water partition coefficient (Wildman–Crippen LogP) is 1.95. The molecule has 1 aliphatic heterocycles. The summed E-state index contributed by atoms with van der Waals surface area (Å²) < 4.78 is 18.2. The first-order chi connectivity index (χ1) is 12.1. The number of amides is 3. The summed E-state index contributed by atoms with van der Waals surface area (Å²) in [5.74, 6) is -0.148. The molecule has 1 fully saturated rings. The summed E-state index contributed by atoms with van der Waals surface area (Å²) in [6.45, 7) is 4.21. The van der Waals surface area contributed by atoms with Crippen LogP contribution in [0, 0.1) is 11.7 Å². The van der Waals surface area contributed by atoms with E-state index in [1.165, 1.54) is 12.1 Å². The Morgan fingerprint density at radius 2 is 2.04 bits per heavy atom. The summed E-state index contributed by atoms with van der Waals surface area (Å²) in [7, 11) is 0. The van der Waals surface area contributed by atoms with E-state index in [2.05, 4.69) is 16.0 Å². The molecule has 25 heavy (non-hydrogen) atoms. The quantitative estimate of drug-likeness (QED) is 0.670. The summed E-state index contributed by atoms with van der Waals surface area (Å²) in [4.78, 5) is 24.3. The lowest BCUT2D eigenvalue weighted by atomic mass is 10.1. The number of benzene rings is 1. The van der Waals surface area contributed by atoms with Gasteiger partial charge in [-0.3, -0.25) is 4.79 Å². The van der Waals surface area contributed by atoms with Crippen molar-refractivity contribution in [2.75, 3.05) is 19.8 Å². The maximum absolute atomic E-state index is 12.9. The molecule has 0 radical (unpaired) electrons. The zero-order valence-corrected chi connectivity index (χ0v) is 14.5. The number of ether oxygens (including phenoxy) is 1. The topological polar surface area (TPSA) is 79.5 Å². The van der Waals surface area contributed by atoms with E-state index in [1.807, 2.05) is 6.92 Å². The molecule has 0 spiro atoms. The number of carbonyl (C=O) groups is 2. The molecule has 1 aromatic carbocycles. The Morgan fingerprint density at radius 1 is 1.28 bits per heavy atom. The maximum atomic E-state index is 12.9. The van der Waals surface area contributed by atoms with E-state index in [9.17, 15) is 14.0 Å². The van der Waals surface area contributed by atoms with Gasteiger partial charge in [-0.05, 0) is 30.5 Å². The standard InChI is InChI=1S/C18H26FN3O3/c1-2-3-16(17(23)20-11-14-8-9-25-12-14)22-18(24)21-10-13-4-6-15(19)7-5-13/h4-7,14,16H,2-3,8-12H2,1H3,(H,20,23)(H2,21,22,24). The minimum Gasteiger partial charge on any atom is -0.381 e. The van der Waals surface area contributed by atoms with Crippen molar-refractivity contribution in [2.45, 2.75) is 38.8 Å². The Labute approximate surface area is 147 Å². The van der Waals surface area contributed by atoms with Crippen molar-refractivity contribution >= 4 is 11.9 Å². The van der Waals surface area contributed by atoms with Gasteiger partial charge in [0.2, 0.25) is 5.91 Å². The van der Waals surface area contributed by atoms with Gasteiger partial charge in [0, 0.05) is 25.6 Å². The lowest BCUT2D eigenvalue weighted by molar-refractivity contribution is -0.123. The Bertz CT molecular complexity index is 559. The van der Waals surface area contributed by atoms with Gasteiger partial charge in [0.1, 0.15) is 11.9 Å². The average Bonchev–Trinajstić information content (AvgIpc) is 3.12. The maximum Gasteiger partial charge on any atom is 0.315 e. The number of rotatable bonds is 8. The fourth-order valence-electron chi connectivity index (χ4n) is 2.66. The van der Waals surface area contributed by atoms with Gasteiger partial charge in [0.25, 0.3) is 0 Å². The molecule has 1 aromatic rings. The minimum absolute atomic E-state index is 0.175. The SMILES string of the molecule is CCCC(NC(=O)NCc1ccc(F)cc1)C(=O)NCC1CCOC1. The fraction of sp³-hybridized carbons (Fsp3) is 0.556. The highest BCUT2D eigenvalue weighted by molar-refractivity contribution is 5.86. The molecule has 1 heterocycles. The molecule has 2 atom stereocenters. The van der Waals surface area contributed by atoms with Crippen LogP contribution in [0.1, 0.15) is 31.7 Å². The third kappa shape index (κ3) is 6.70. The Kier molecular flexibility index (Phi) is 7.66. The molecule has 6 nitrogen and oxygen atoms in total. The second-order valence-electron chi connectivity index (χ2n) is 6.27. The highest BCUT2D eigenvalue weighted by Gasteiger charge is 2.22. The molecule has 138 valence electrons. The van der Waals surface area contributed by atoms with Crippen molar-refractivity contribution in [3.8, 4) is 0 Å². The smallest absolute Gasteiger partial charge is 0.315 e. The van der Waals surface area contributed by atoms with Gasteiger partial charge in [0.05, 0.1) is 6.61 Å². The molecule has 3 amide bonds. The van der Waals surface area contributed by atoms with E-state index in [0.29, 0.717) is 25.5 Å². The number of halogens is 1. The summed E-state index contributed by atoms with van der Waals surface area (Å²) in [6, 6.07) is 4.91. The van der Waals surface area contributed by atoms with Crippen molar-refractivity contribution in [1.82, 2.24) is 16.0 Å². The van der Waals surface area contributed by atoms with E-state index in [1.54, 1.807) is 12.1 Å². The number of hydrogen-bond donors (Lipinski definition) is 3. The second-order valence-corrected chi connectivity index (χ2v) is 6.27. The van der Waals surface area contributed by atoms with E-state index in [0.717, 1.165) is 25.0 Å². The molecule has 3 N–H and O–H groups in total. The van der Waals surface area contributed by atoms with Crippen LogP contribution in [0.2, 0.25) is 0 Å². The first-order valence-electron chi connectivity index (χ1n) is 8.72. The van der Waals surface area contributed by atoms with Crippen molar-refractivity contribution in [2.24, 2.45) is 5.92 Å². The highest BCUT2D eigenvalue weighted by atomic mass is 19.1. The molecule has 0 aliphatic carbocycles. The molecule has 7 heteroatoms. The molecule has 0 bridgehead atoms. The summed E-state index contributed by atoms with van der Waals surface area (Å²) in [5, 5.41) is 8.29. The molecular weight excluding hydrogens is 325 g/mol. The Hall–Kier alpha value is -2.15. The first-order valence-corrected chi connectivity index (χ1v) is 8.72. The molecule has 1 saturated heterocycles. The van der Waals surface area contributed by atoms with Crippen LogP contribution < -0.4 is 16.0 Å². The monoisotopic (exact) mass is 351 g/mol. The zero-order valence-electron chi connectivity index (χ0n) is 14.5. The van der Waals surface area contributed by atoms with Crippen LogP contribution in [0.25, 0.3) is 0 Å². The number of hydrogen-bond acceptors (Lipinski definition) is 3. The minimum atomic E-state index is -0.569. The van der Waals surface area contributed by atoms with Gasteiger partial charge < -0.3 is 20.7 Å². The van der Waals surface area contributed by atoms with Gasteiger partial charge in [-0.15, -0.1) is 0 Å². The summed E-state index contributed by atoms with van der Waals surface area (Å²) in [6.07, 6.45) is 2.30. The van der Waals surface area contributed by atoms with Gasteiger partial charge in [-0.1, -0.05) is 25.5 Å². The average molecular weight is 351 g/mol. The van der Waals surface area contributed by atoms with Crippen molar-refractivity contribution in [1.29, 1.82) is 0 Å². The Balaban J connectivity index is 1.76. The first kappa shape index (κ1) is 19.2. The number of carbonyl (C=O) groups excluding carboxylic acids is 2. The van der Waals surface area contributed by atoms with E-state index < -0.39 is 12.1 Å². The molecule has 2 unspecified atom stereocenters. The van der Waals surface area contributed by atoms with Crippen LogP contribution in [0.5, 0.6) is 0 Å².